The number of aromatic nitrogens is 2. The van der Waals surface area contributed by atoms with Gasteiger partial charge in [0, 0.05) is 18.8 Å². The van der Waals surface area contributed by atoms with Crippen LogP contribution in [0.25, 0.3) is 0 Å². The Hall–Kier alpha value is -0.830. The van der Waals surface area contributed by atoms with Crippen LogP contribution in [-0.2, 0) is 13.5 Å². The van der Waals surface area contributed by atoms with Crippen LogP contribution in [0.2, 0.25) is 0 Å². The molecule has 0 saturated heterocycles. The molecule has 0 aliphatic heterocycles. The van der Waals surface area contributed by atoms with E-state index in [1.54, 1.807) is 0 Å². The van der Waals surface area contributed by atoms with E-state index in [0.717, 1.165) is 18.9 Å². The lowest BCUT2D eigenvalue weighted by Gasteiger charge is -2.17. The molecule has 0 aromatic carbocycles. The summed E-state index contributed by atoms with van der Waals surface area (Å²) in [7, 11) is 2.04. The summed E-state index contributed by atoms with van der Waals surface area (Å²) in [5, 5.41) is 8.15. The van der Waals surface area contributed by atoms with Crippen LogP contribution in [0.5, 0.6) is 0 Å². The van der Waals surface area contributed by atoms with E-state index in [0.29, 0.717) is 6.04 Å². The molecular formula is C15H27N3. The molecule has 102 valence electrons. The number of nitrogens with zero attached hydrogens (tertiary/aromatic N) is 2. The van der Waals surface area contributed by atoms with E-state index in [1.807, 2.05) is 11.7 Å². The topological polar surface area (TPSA) is 29.9 Å². The lowest BCUT2D eigenvalue weighted by molar-refractivity contribution is 0.441. The Labute approximate surface area is 111 Å². The fourth-order valence-electron chi connectivity index (χ4n) is 2.85. The van der Waals surface area contributed by atoms with E-state index >= 15 is 0 Å². The highest BCUT2D eigenvalue weighted by Gasteiger charge is 2.25. The molecule has 1 aromatic heterocycles. The van der Waals surface area contributed by atoms with Gasteiger partial charge in [-0.2, -0.15) is 5.10 Å². The van der Waals surface area contributed by atoms with Crippen molar-refractivity contribution in [2.24, 2.45) is 13.0 Å². The fourth-order valence-corrected chi connectivity index (χ4v) is 2.85. The van der Waals surface area contributed by atoms with Gasteiger partial charge in [-0.05, 0) is 51.1 Å². The first kappa shape index (κ1) is 13.6. The molecule has 0 radical (unpaired) electrons. The van der Waals surface area contributed by atoms with Crippen LogP contribution in [0.15, 0.2) is 0 Å². The van der Waals surface area contributed by atoms with Crippen LogP contribution >= 0.6 is 0 Å². The minimum atomic E-state index is 0.696. The van der Waals surface area contributed by atoms with Crippen LogP contribution in [0.4, 0.5) is 0 Å². The molecule has 18 heavy (non-hydrogen) atoms. The molecule has 1 aliphatic carbocycles. The van der Waals surface area contributed by atoms with Gasteiger partial charge < -0.3 is 5.32 Å². The van der Waals surface area contributed by atoms with Crippen molar-refractivity contribution in [3.63, 3.8) is 0 Å². The summed E-state index contributed by atoms with van der Waals surface area (Å²) < 4.78 is 2.01. The third-order valence-electron chi connectivity index (χ3n) is 4.21. The summed E-state index contributed by atoms with van der Waals surface area (Å²) in [4.78, 5) is 0. The minimum absolute atomic E-state index is 0.696. The Morgan fingerprint density at radius 3 is 2.61 bits per heavy atom. The smallest absolute Gasteiger partial charge is 0.0628 e. The highest BCUT2D eigenvalue weighted by molar-refractivity contribution is 5.24. The van der Waals surface area contributed by atoms with Crippen LogP contribution in [0.1, 0.15) is 49.6 Å². The highest BCUT2D eigenvalue weighted by atomic mass is 15.3. The first-order valence-corrected chi connectivity index (χ1v) is 7.34. The average Bonchev–Trinajstić information content (AvgIpc) is 3.08. The maximum absolute atomic E-state index is 4.50. The van der Waals surface area contributed by atoms with Gasteiger partial charge in [-0.15, -0.1) is 0 Å². The Morgan fingerprint density at radius 1 is 1.39 bits per heavy atom. The molecule has 1 heterocycles. The van der Waals surface area contributed by atoms with Crippen LogP contribution in [0, 0.1) is 19.8 Å². The zero-order valence-electron chi connectivity index (χ0n) is 12.3. The van der Waals surface area contributed by atoms with Gasteiger partial charge in [-0.3, -0.25) is 4.68 Å². The summed E-state index contributed by atoms with van der Waals surface area (Å²) in [6, 6.07) is 0.696. The SMILES string of the molecule is CCNC(CCc1c(C)nn(C)c1C)CC1CC1. The zero-order chi connectivity index (χ0) is 13.1. The van der Waals surface area contributed by atoms with E-state index in [9.17, 15) is 0 Å². The summed E-state index contributed by atoms with van der Waals surface area (Å²) in [6.45, 7) is 7.60. The molecule has 1 unspecified atom stereocenters. The lowest BCUT2D eigenvalue weighted by atomic mass is 10.00. The molecule has 0 amide bonds. The molecule has 0 bridgehead atoms. The monoisotopic (exact) mass is 249 g/mol. The van der Waals surface area contributed by atoms with Gasteiger partial charge in [-0.25, -0.2) is 0 Å². The second-order valence-corrected chi connectivity index (χ2v) is 5.75. The van der Waals surface area contributed by atoms with Crippen molar-refractivity contribution in [3.05, 3.63) is 17.0 Å². The van der Waals surface area contributed by atoms with Gasteiger partial charge in [0.1, 0.15) is 0 Å². The number of nitrogens with one attached hydrogen (secondary N) is 1. The second kappa shape index (κ2) is 5.87. The maximum Gasteiger partial charge on any atom is 0.0628 e. The molecule has 3 nitrogen and oxygen atoms in total. The Bertz CT molecular complexity index is 391. The Balaban J connectivity index is 1.90. The second-order valence-electron chi connectivity index (χ2n) is 5.75. The number of hydrogen-bond acceptors (Lipinski definition) is 2. The molecule has 1 fully saturated rings. The summed E-state index contributed by atoms with van der Waals surface area (Å²) >= 11 is 0. The molecule has 3 heteroatoms. The van der Waals surface area contributed by atoms with E-state index in [1.165, 1.54) is 42.6 Å². The highest BCUT2D eigenvalue weighted by Crippen LogP contribution is 2.34. The molecular weight excluding hydrogens is 222 g/mol. The van der Waals surface area contributed by atoms with Gasteiger partial charge in [0.15, 0.2) is 0 Å². The van der Waals surface area contributed by atoms with E-state index < -0.39 is 0 Å². The van der Waals surface area contributed by atoms with E-state index in [4.69, 9.17) is 0 Å². The van der Waals surface area contributed by atoms with Crippen molar-refractivity contribution in [2.75, 3.05) is 6.54 Å². The van der Waals surface area contributed by atoms with E-state index in [-0.39, 0.29) is 0 Å². The summed E-state index contributed by atoms with van der Waals surface area (Å²) in [6.07, 6.45) is 6.68. The molecule has 1 aromatic rings. The molecule has 1 atom stereocenters. The fraction of sp³-hybridized carbons (Fsp3) is 0.800. The van der Waals surface area contributed by atoms with Crippen molar-refractivity contribution in [1.82, 2.24) is 15.1 Å². The standard InChI is InChI=1S/C15H27N3/c1-5-16-14(10-13-6-7-13)8-9-15-11(2)17-18(4)12(15)3/h13-14,16H,5-10H2,1-4H3. The predicted octanol–water partition coefficient (Wildman–Crippen LogP) is 2.75. The van der Waals surface area contributed by atoms with Crippen molar-refractivity contribution in [2.45, 2.75) is 58.9 Å². The lowest BCUT2D eigenvalue weighted by Crippen LogP contribution is -2.30. The van der Waals surface area contributed by atoms with Crippen molar-refractivity contribution in [3.8, 4) is 0 Å². The van der Waals surface area contributed by atoms with Gasteiger partial charge in [0.25, 0.3) is 0 Å². The molecule has 1 N–H and O–H groups in total. The van der Waals surface area contributed by atoms with Gasteiger partial charge in [0.2, 0.25) is 0 Å². The van der Waals surface area contributed by atoms with Crippen molar-refractivity contribution in [1.29, 1.82) is 0 Å². The minimum Gasteiger partial charge on any atom is -0.314 e. The van der Waals surface area contributed by atoms with Crippen molar-refractivity contribution >= 4 is 0 Å². The Morgan fingerprint density at radius 2 is 2.11 bits per heavy atom. The molecule has 2 rings (SSSR count). The maximum atomic E-state index is 4.50. The number of aryl methyl sites for hydroxylation is 2. The number of rotatable bonds is 7. The first-order chi connectivity index (χ1) is 8.61. The summed E-state index contributed by atoms with van der Waals surface area (Å²) in [5.41, 5.74) is 3.99. The average molecular weight is 249 g/mol. The Kier molecular flexibility index (Phi) is 4.44. The van der Waals surface area contributed by atoms with Crippen LogP contribution in [0.3, 0.4) is 0 Å². The summed E-state index contributed by atoms with van der Waals surface area (Å²) in [5.74, 6) is 1.00. The quantitative estimate of drug-likeness (QED) is 0.805. The molecule has 0 spiro atoms. The van der Waals surface area contributed by atoms with E-state index in [2.05, 4.69) is 31.2 Å². The largest absolute Gasteiger partial charge is 0.314 e. The van der Waals surface area contributed by atoms with Crippen LogP contribution in [-0.4, -0.2) is 22.4 Å². The zero-order valence-corrected chi connectivity index (χ0v) is 12.3. The molecule has 1 saturated carbocycles. The predicted molar refractivity (Wildman–Crippen MR) is 75.8 cm³/mol. The van der Waals surface area contributed by atoms with Gasteiger partial charge in [0.05, 0.1) is 5.69 Å². The number of hydrogen-bond donors (Lipinski definition) is 1. The normalized spacial score (nSPS) is 17.1. The van der Waals surface area contributed by atoms with Gasteiger partial charge in [-0.1, -0.05) is 19.8 Å². The van der Waals surface area contributed by atoms with Crippen LogP contribution < -0.4 is 5.32 Å². The third-order valence-corrected chi connectivity index (χ3v) is 4.21. The molecule has 1 aliphatic rings. The first-order valence-electron chi connectivity index (χ1n) is 7.34. The van der Waals surface area contributed by atoms with Crippen molar-refractivity contribution < 1.29 is 0 Å². The van der Waals surface area contributed by atoms with Gasteiger partial charge >= 0.3 is 0 Å². The third kappa shape index (κ3) is 3.35.